The highest BCUT2D eigenvalue weighted by Crippen LogP contribution is 2.22. The molecule has 2 N–H and O–H groups in total. The summed E-state index contributed by atoms with van der Waals surface area (Å²) in [4.78, 5) is 26.3. The molecule has 0 unspecified atom stereocenters. The second-order valence-electron chi connectivity index (χ2n) is 4.43. The lowest BCUT2D eigenvalue weighted by Gasteiger charge is -2.21. The van der Waals surface area contributed by atoms with Crippen molar-refractivity contribution in [3.63, 3.8) is 0 Å². The summed E-state index contributed by atoms with van der Waals surface area (Å²) in [5.41, 5.74) is -0.117. The molecule has 0 radical (unpaired) electrons. The minimum Gasteiger partial charge on any atom is -0.477 e. The minimum atomic E-state index is -1.11. The van der Waals surface area contributed by atoms with E-state index in [2.05, 4.69) is 10.3 Å². The van der Waals surface area contributed by atoms with E-state index in [1.165, 1.54) is 12.3 Å². The number of aromatic nitrogens is 1. The van der Waals surface area contributed by atoms with Gasteiger partial charge in [0.05, 0.1) is 0 Å². The van der Waals surface area contributed by atoms with Gasteiger partial charge in [-0.1, -0.05) is 20.8 Å². The molecule has 0 aliphatic heterocycles. The van der Waals surface area contributed by atoms with Gasteiger partial charge in [-0.15, -0.1) is 0 Å². The van der Waals surface area contributed by atoms with Crippen molar-refractivity contribution in [2.75, 3.05) is 5.32 Å². The second-order valence-corrected chi connectivity index (χ2v) is 4.43. The third kappa shape index (κ3) is 3.27. The molecule has 0 spiro atoms. The molecule has 1 aromatic rings. The maximum atomic E-state index is 11.9. The topological polar surface area (TPSA) is 79.3 Å². The maximum Gasteiger partial charge on any atom is 0.354 e. The van der Waals surface area contributed by atoms with Crippen molar-refractivity contribution in [2.45, 2.75) is 27.2 Å². The summed E-state index contributed by atoms with van der Waals surface area (Å²) in [5, 5.41) is 11.5. The molecule has 5 nitrogen and oxygen atoms in total. The van der Waals surface area contributed by atoms with Crippen molar-refractivity contribution in [3.8, 4) is 0 Å². The lowest BCUT2D eigenvalue weighted by Crippen LogP contribution is -2.30. The van der Waals surface area contributed by atoms with Gasteiger partial charge in [-0.25, -0.2) is 9.78 Å². The van der Waals surface area contributed by atoms with Crippen molar-refractivity contribution in [1.82, 2.24) is 4.98 Å². The average Bonchev–Trinajstić information content (AvgIpc) is 2.29. The van der Waals surface area contributed by atoms with E-state index in [1.54, 1.807) is 6.07 Å². The van der Waals surface area contributed by atoms with Crippen molar-refractivity contribution in [2.24, 2.45) is 5.41 Å². The lowest BCUT2D eigenvalue weighted by molar-refractivity contribution is -0.124. The van der Waals surface area contributed by atoms with E-state index < -0.39 is 11.4 Å². The molecule has 17 heavy (non-hydrogen) atoms. The number of carboxylic acid groups (broad SMARTS) is 1. The molecule has 0 saturated heterocycles. The van der Waals surface area contributed by atoms with Crippen LogP contribution in [-0.2, 0) is 4.79 Å². The van der Waals surface area contributed by atoms with Gasteiger partial charge in [0.25, 0.3) is 0 Å². The molecule has 1 amide bonds. The van der Waals surface area contributed by atoms with E-state index in [4.69, 9.17) is 5.11 Å². The van der Waals surface area contributed by atoms with Crippen LogP contribution in [-0.4, -0.2) is 22.0 Å². The summed E-state index contributed by atoms with van der Waals surface area (Å²) in [6.07, 6.45) is 2.06. The van der Waals surface area contributed by atoms with Crippen molar-refractivity contribution >= 4 is 17.6 Å². The molecule has 0 atom stereocenters. The molecule has 92 valence electrons. The first-order valence-corrected chi connectivity index (χ1v) is 5.37. The van der Waals surface area contributed by atoms with Crippen LogP contribution in [0.15, 0.2) is 18.3 Å². The highest BCUT2D eigenvalue weighted by Gasteiger charge is 2.25. The average molecular weight is 236 g/mol. The Morgan fingerprint density at radius 1 is 1.47 bits per heavy atom. The number of rotatable bonds is 4. The van der Waals surface area contributed by atoms with E-state index in [-0.39, 0.29) is 11.6 Å². The quantitative estimate of drug-likeness (QED) is 0.839. The van der Waals surface area contributed by atoms with Crippen molar-refractivity contribution < 1.29 is 14.7 Å². The maximum absolute atomic E-state index is 11.9. The van der Waals surface area contributed by atoms with Crippen LogP contribution in [0, 0.1) is 5.41 Å². The van der Waals surface area contributed by atoms with E-state index in [0.717, 1.165) is 0 Å². The Morgan fingerprint density at radius 2 is 2.12 bits per heavy atom. The smallest absolute Gasteiger partial charge is 0.354 e. The van der Waals surface area contributed by atoms with Crippen LogP contribution in [0.2, 0.25) is 0 Å². The van der Waals surface area contributed by atoms with Gasteiger partial charge in [-0.2, -0.15) is 0 Å². The Morgan fingerprint density at radius 3 is 2.65 bits per heavy atom. The summed E-state index contributed by atoms with van der Waals surface area (Å²) >= 11 is 0. The number of carboxylic acids is 1. The third-order valence-corrected chi connectivity index (χ3v) is 2.74. The molecular formula is C12H16N2O3. The van der Waals surface area contributed by atoms with Crippen LogP contribution in [0.4, 0.5) is 5.69 Å². The van der Waals surface area contributed by atoms with Crippen LogP contribution in [0.25, 0.3) is 0 Å². The van der Waals surface area contributed by atoms with E-state index in [9.17, 15) is 9.59 Å². The van der Waals surface area contributed by atoms with Gasteiger partial charge in [0.15, 0.2) is 0 Å². The number of pyridine rings is 1. The number of carbonyl (C=O) groups is 2. The summed E-state index contributed by atoms with van der Waals surface area (Å²) < 4.78 is 0. The van der Waals surface area contributed by atoms with Gasteiger partial charge in [-0.05, 0) is 18.6 Å². The van der Waals surface area contributed by atoms with Gasteiger partial charge >= 0.3 is 5.97 Å². The van der Waals surface area contributed by atoms with Crippen molar-refractivity contribution in [1.29, 1.82) is 0 Å². The zero-order chi connectivity index (χ0) is 13.1. The lowest BCUT2D eigenvalue weighted by atomic mass is 9.89. The molecule has 0 saturated carbocycles. The van der Waals surface area contributed by atoms with Crippen LogP contribution in [0.3, 0.4) is 0 Å². The number of amides is 1. The number of nitrogens with one attached hydrogen (secondary N) is 1. The second kappa shape index (κ2) is 4.95. The SMILES string of the molecule is CCC(C)(C)C(=O)Nc1ccnc(C(=O)O)c1. The standard InChI is InChI=1S/C12H16N2O3/c1-4-12(2,3)11(17)14-8-5-6-13-9(7-8)10(15)16/h5-7H,4H2,1-3H3,(H,15,16)(H,13,14,17). The first-order chi connectivity index (χ1) is 7.86. The number of nitrogens with zero attached hydrogens (tertiary/aromatic N) is 1. The number of anilines is 1. The monoisotopic (exact) mass is 236 g/mol. The zero-order valence-corrected chi connectivity index (χ0v) is 10.2. The van der Waals surface area contributed by atoms with Gasteiger partial charge in [0.2, 0.25) is 5.91 Å². The summed E-state index contributed by atoms with van der Waals surface area (Å²) in [5.74, 6) is -1.25. The molecule has 1 heterocycles. The van der Waals surface area contributed by atoms with E-state index in [0.29, 0.717) is 12.1 Å². The van der Waals surface area contributed by atoms with Crippen LogP contribution < -0.4 is 5.32 Å². The molecule has 0 aliphatic carbocycles. The number of aromatic carboxylic acids is 1. The normalized spacial score (nSPS) is 11.0. The Hall–Kier alpha value is -1.91. The fraction of sp³-hybridized carbons (Fsp3) is 0.417. The molecule has 0 aliphatic rings. The van der Waals surface area contributed by atoms with Crippen LogP contribution >= 0.6 is 0 Å². The first-order valence-electron chi connectivity index (χ1n) is 5.37. The van der Waals surface area contributed by atoms with Gasteiger partial charge in [0.1, 0.15) is 5.69 Å². The van der Waals surface area contributed by atoms with Gasteiger partial charge in [-0.3, -0.25) is 4.79 Å². The van der Waals surface area contributed by atoms with Crippen LogP contribution in [0.5, 0.6) is 0 Å². The van der Waals surface area contributed by atoms with Gasteiger partial charge in [0, 0.05) is 17.3 Å². The number of carbonyl (C=O) groups excluding carboxylic acids is 1. The number of hydrogen-bond donors (Lipinski definition) is 2. The molecule has 0 aromatic carbocycles. The molecule has 0 bridgehead atoms. The molecular weight excluding hydrogens is 220 g/mol. The summed E-state index contributed by atoms with van der Waals surface area (Å²) in [7, 11) is 0. The Kier molecular flexibility index (Phi) is 3.83. The highest BCUT2D eigenvalue weighted by molar-refractivity contribution is 5.95. The van der Waals surface area contributed by atoms with Gasteiger partial charge < -0.3 is 10.4 Å². The van der Waals surface area contributed by atoms with Crippen molar-refractivity contribution in [3.05, 3.63) is 24.0 Å². The molecule has 0 fully saturated rings. The Bertz CT molecular complexity index is 441. The fourth-order valence-corrected chi connectivity index (χ4v) is 1.09. The Labute approximate surface area is 99.9 Å². The zero-order valence-electron chi connectivity index (χ0n) is 10.2. The van der Waals surface area contributed by atoms with E-state index >= 15 is 0 Å². The summed E-state index contributed by atoms with van der Waals surface area (Å²) in [6, 6.07) is 2.90. The van der Waals surface area contributed by atoms with Crippen LogP contribution in [0.1, 0.15) is 37.7 Å². The van der Waals surface area contributed by atoms with E-state index in [1.807, 2.05) is 20.8 Å². The molecule has 1 aromatic heterocycles. The predicted octanol–water partition coefficient (Wildman–Crippen LogP) is 2.15. The largest absolute Gasteiger partial charge is 0.477 e. The Balaban J connectivity index is 2.86. The summed E-state index contributed by atoms with van der Waals surface area (Å²) in [6.45, 7) is 5.60. The predicted molar refractivity (Wildman–Crippen MR) is 63.9 cm³/mol. The fourth-order valence-electron chi connectivity index (χ4n) is 1.09. The molecule has 1 rings (SSSR count). The minimum absolute atomic E-state index is 0.0860. The number of hydrogen-bond acceptors (Lipinski definition) is 3. The first kappa shape index (κ1) is 13.2. The third-order valence-electron chi connectivity index (χ3n) is 2.74. The highest BCUT2D eigenvalue weighted by atomic mass is 16.4. The molecule has 5 heteroatoms.